The number of hydrogen-bond acceptors (Lipinski definition) is 7. The van der Waals surface area contributed by atoms with Crippen molar-refractivity contribution >= 4 is 57.4 Å². The Morgan fingerprint density at radius 1 is 1.20 bits per heavy atom. The number of ether oxygens (including phenoxy) is 2. The van der Waals surface area contributed by atoms with E-state index in [9.17, 15) is 22.8 Å². The molecule has 1 saturated heterocycles. The van der Waals surface area contributed by atoms with Gasteiger partial charge in [0.05, 0.1) is 41.9 Å². The molecule has 13 heteroatoms. The number of carbonyl (C=O) groups excluding carboxylic acids is 2. The fourth-order valence-electron chi connectivity index (χ4n) is 4.58. The summed E-state index contributed by atoms with van der Waals surface area (Å²) in [6.45, 7) is 1.13. The van der Waals surface area contributed by atoms with Crippen molar-refractivity contribution in [3.63, 3.8) is 0 Å². The Morgan fingerprint density at radius 2 is 1.98 bits per heavy atom. The number of likely N-dealkylation sites (tertiary alicyclic amines) is 1. The van der Waals surface area contributed by atoms with E-state index in [1.54, 1.807) is 24.4 Å². The Bertz CT molecular complexity index is 1510. The third-order valence-electron chi connectivity index (χ3n) is 6.65. The number of nitrogens with zero attached hydrogens (tertiary/aromatic N) is 4. The number of alkyl halides is 3. The first-order chi connectivity index (χ1) is 19.1. The maximum atomic E-state index is 13.5. The second-order valence-corrected chi connectivity index (χ2v) is 10.7. The summed E-state index contributed by atoms with van der Waals surface area (Å²) in [6.07, 6.45) is 0.130. The molecule has 0 saturated carbocycles. The molecule has 2 aliphatic heterocycles. The number of methoxy groups -OCH3 is 1. The molecule has 0 spiro atoms. The van der Waals surface area contributed by atoms with Gasteiger partial charge in [0.2, 0.25) is 0 Å². The van der Waals surface area contributed by atoms with Crippen molar-refractivity contribution in [1.29, 1.82) is 0 Å². The Kier molecular flexibility index (Phi) is 8.20. The molecule has 40 heavy (non-hydrogen) atoms. The van der Waals surface area contributed by atoms with E-state index >= 15 is 0 Å². The van der Waals surface area contributed by atoms with Gasteiger partial charge in [-0.15, -0.1) is 0 Å². The zero-order valence-corrected chi connectivity index (χ0v) is 22.9. The zero-order valence-electron chi connectivity index (χ0n) is 21.3. The Labute approximate surface area is 236 Å². The van der Waals surface area contributed by atoms with Crippen molar-refractivity contribution in [2.24, 2.45) is 4.99 Å². The molecule has 2 aromatic carbocycles. The van der Waals surface area contributed by atoms with Crippen LogP contribution >= 0.6 is 23.4 Å². The lowest BCUT2D eigenvalue weighted by atomic mass is 10.1. The second-order valence-electron chi connectivity index (χ2n) is 9.30. The third-order valence-corrected chi connectivity index (χ3v) is 7.93. The lowest BCUT2D eigenvalue weighted by Crippen LogP contribution is -2.39. The maximum absolute atomic E-state index is 13.5. The quantitative estimate of drug-likeness (QED) is 0.281. The van der Waals surface area contributed by atoms with E-state index in [0.29, 0.717) is 41.5 Å². The van der Waals surface area contributed by atoms with Crippen molar-refractivity contribution in [2.45, 2.75) is 31.7 Å². The van der Waals surface area contributed by atoms with Gasteiger partial charge in [0.25, 0.3) is 5.91 Å². The van der Waals surface area contributed by atoms with Crippen LogP contribution in [0.1, 0.15) is 29.5 Å². The molecule has 0 unspecified atom stereocenters. The van der Waals surface area contributed by atoms with Gasteiger partial charge >= 0.3 is 12.1 Å². The molecule has 3 aromatic rings. The van der Waals surface area contributed by atoms with Gasteiger partial charge in [-0.25, -0.2) is 4.79 Å². The van der Waals surface area contributed by atoms with Crippen LogP contribution in [0, 0.1) is 0 Å². The van der Waals surface area contributed by atoms with Gasteiger partial charge < -0.3 is 14.4 Å². The maximum Gasteiger partial charge on any atom is 0.416 e. The van der Waals surface area contributed by atoms with Crippen LogP contribution in [0.15, 0.2) is 52.5 Å². The van der Waals surface area contributed by atoms with Gasteiger partial charge in [0, 0.05) is 23.5 Å². The Morgan fingerprint density at radius 3 is 2.70 bits per heavy atom. The van der Waals surface area contributed by atoms with Gasteiger partial charge in [-0.05, 0) is 66.1 Å². The van der Waals surface area contributed by atoms with E-state index in [0.717, 1.165) is 17.0 Å². The van der Waals surface area contributed by atoms with E-state index in [1.807, 2.05) is 11.0 Å². The topological polar surface area (TPSA) is 86.0 Å². The van der Waals surface area contributed by atoms with E-state index in [2.05, 4.69) is 14.8 Å². The molecule has 1 aromatic heterocycles. The van der Waals surface area contributed by atoms with Crippen LogP contribution in [-0.2, 0) is 31.8 Å². The number of benzene rings is 2. The number of amidine groups is 1. The van der Waals surface area contributed by atoms with Gasteiger partial charge in [-0.2, -0.15) is 23.3 Å². The minimum atomic E-state index is -4.54. The number of hydrogen-bond donors (Lipinski definition) is 0. The van der Waals surface area contributed by atoms with Gasteiger partial charge in [-0.3, -0.25) is 9.48 Å². The average Bonchev–Trinajstić information content (AvgIpc) is 3.50. The number of aromatic nitrogens is 2. The highest BCUT2D eigenvalue weighted by Crippen LogP contribution is 2.35. The predicted molar refractivity (Wildman–Crippen MR) is 146 cm³/mol. The van der Waals surface area contributed by atoms with E-state index in [4.69, 9.17) is 16.3 Å². The van der Waals surface area contributed by atoms with Crippen molar-refractivity contribution in [2.75, 3.05) is 26.8 Å². The van der Waals surface area contributed by atoms with Crippen LogP contribution in [0.25, 0.3) is 17.0 Å². The smallest absolute Gasteiger partial charge is 0.416 e. The molecule has 0 atom stereocenters. The van der Waals surface area contributed by atoms with E-state index in [-0.39, 0.29) is 35.7 Å². The van der Waals surface area contributed by atoms with Crippen molar-refractivity contribution in [1.82, 2.24) is 14.7 Å². The fraction of sp³-hybridized carbons (Fsp3) is 0.333. The van der Waals surface area contributed by atoms with Gasteiger partial charge in [0.1, 0.15) is 6.61 Å². The molecule has 210 valence electrons. The number of piperidine rings is 1. The molecule has 8 nitrogen and oxygen atoms in total. The largest absolute Gasteiger partial charge is 0.467 e. The molecule has 1 amide bonds. The monoisotopic (exact) mass is 592 g/mol. The predicted octanol–water partition coefficient (Wildman–Crippen LogP) is 5.38. The van der Waals surface area contributed by atoms with Crippen LogP contribution in [0.2, 0.25) is 5.02 Å². The van der Waals surface area contributed by atoms with Crippen LogP contribution in [0.3, 0.4) is 0 Å². The summed E-state index contributed by atoms with van der Waals surface area (Å²) in [5.41, 5.74) is 0.668. The highest BCUT2D eigenvalue weighted by Gasteiger charge is 2.34. The lowest BCUT2D eigenvalue weighted by Gasteiger charge is -2.32. The van der Waals surface area contributed by atoms with Crippen molar-refractivity contribution in [3.8, 4) is 0 Å². The molecular formula is C27H24ClF3N4O4S. The molecule has 1 fully saturated rings. The average molecular weight is 593 g/mol. The third kappa shape index (κ3) is 6.34. The lowest BCUT2D eigenvalue weighted by molar-refractivity contribution is -0.148. The van der Waals surface area contributed by atoms with Gasteiger partial charge in [-0.1, -0.05) is 23.7 Å². The van der Waals surface area contributed by atoms with Crippen LogP contribution in [0.4, 0.5) is 13.2 Å². The van der Waals surface area contributed by atoms with E-state index < -0.39 is 17.7 Å². The van der Waals surface area contributed by atoms with E-state index in [1.165, 1.54) is 35.7 Å². The molecule has 0 N–H and O–H groups in total. The van der Waals surface area contributed by atoms with Crippen molar-refractivity contribution in [3.05, 3.63) is 69.2 Å². The molecular weight excluding hydrogens is 569 g/mol. The minimum absolute atomic E-state index is 0.0136. The molecule has 0 aliphatic carbocycles. The van der Waals surface area contributed by atoms with Crippen LogP contribution < -0.4 is 0 Å². The Balaban J connectivity index is 1.25. The highest BCUT2D eigenvalue weighted by atomic mass is 35.5. The summed E-state index contributed by atoms with van der Waals surface area (Å²) >= 11 is 7.09. The summed E-state index contributed by atoms with van der Waals surface area (Å²) in [7, 11) is 1.32. The molecule has 0 radical (unpaired) electrons. The molecule has 5 rings (SSSR count). The zero-order chi connectivity index (χ0) is 28.4. The van der Waals surface area contributed by atoms with Gasteiger partial charge in [0.15, 0.2) is 5.17 Å². The minimum Gasteiger partial charge on any atom is -0.467 e. The first kappa shape index (κ1) is 28.2. The van der Waals surface area contributed by atoms with Crippen LogP contribution in [-0.4, -0.2) is 64.6 Å². The number of thioether (sulfide) groups is 1. The van der Waals surface area contributed by atoms with Crippen LogP contribution in [0.5, 0.6) is 0 Å². The normalized spacial score (nSPS) is 17.6. The first-order valence-electron chi connectivity index (χ1n) is 12.4. The molecule has 0 bridgehead atoms. The molecule has 3 heterocycles. The SMILES string of the molecule is COC(=O)COC1CCN(C2=NC(=O)C(=Cc3ccc4c(cnn4Cc4ccc(Cl)cc4C(F)(F)F)c3)S2)CC1. The highest BCUT2D eigenvalue weighted by molar-refractivity contribution is 8.18. The number of fused-ring (bicyclic) bond motifs is 1. The number of halogens is 4. The summed E-state index contributed by atoms with van der Waals surface area (Å²) in [6, 6.07) is 9.08. The first-order valence-corrected chi connectivity index (χ1v) is 13.6. The van der Waals surface area contributed by atoms with Crippen molar-refractivity contribution < 1.29 is 32.2 Å². The number of amides is 1. The standard InChI is InChI=1S/C27H24ClF3N4O4S/c1-38-24(36)15-39-20-6-8-34(9-7-20)26-33-25(37)23(40-26)11-16-2-5-22-18(10-16)13-32-35(22)14-17-3-4-19(28)12-21(17)27(29,30)31/h2-5,10-13,20H,6-9,14-15H2,1H3. The Hall–Kier alpha value is -3.35. The summed E-state index contributed by atoms with van der Waals surface area (Å²) in [5, 5.41) is 5.65. The fourth-order valence-corrected chi connectivity index (χ4v) is 5.71. The summed E-state index contributed by atoms with van der Waals surface area (Å²) < 4.78 is 52.2. The molecule has 2 aliphatic rings. The number of esters is 1. The number of aliphatic imine (C=N–C) groups is 1. The second kappa shape index (κ2) is 11.6. The number of carbonyl (C=O) groups is 2. The summed E-state index contributed by atoms with van der Waals surface area (Å²) in [4.78, 5) is 30.6. The number of rotatable bonds is 6. The summed E-state index contributed by atoms with van der Waals surface area (Å²) in [5.74, 6) is -0.747.